The molecule has 0 aromatic heterocycles. The van der Waals surface area contributed by atoms with E-state index in [4.69, 9.17) is 10.9 Å². The van der Waals surface area contributed by atoms with Gasteiger partial charge in [0.15, 0.2) is 0 Å². The summed E-state index contributed by atoms with van der Waals surface area (Å²) < 4.78 is 0. The number of aryl methyl sites for hydroxylation is 2. The first-order valence-electron chi connectivity index (χ1n) is 4.33. The van der Waals surface area contributed by atoms with Crippen molar-refractivity contribution in [3.8, 4) is 0 Å². The zero-order valence-corrected chi connectivity index (χ0v) is 8.29. The largest absolute Gasteiger partial charge is 0.398 e. The molecule has 4 nitrogen and oxygen atoms in total. The molecule has 0 spiro atoms. The molecule has 4 N–H and O–H groups in total. The van der Waals surface area contributed by atoms with Crippen molar-refractivity contribution in [3.05, 3.63) is 28.8 Å². The number of hydroxylamine groups is 1. The van der Waals surface area contributed by atoms with Gasteiger partial charge in [0.2, 0.25) is 5.91 Å². The zero-order chi connectivity index (χ0) is 10.7. The lowest BCUT2D eigenvalue weighted by Crippen LogP contribution is -2.20. The van der Waals surface area contributed by atoms with Crippen LogP contribution in [0.5, 0.6) is 0 Å². The molecule has 0 aliphatic rings. The van der Waals surface area contributed by atoms with Crippen molar-refractivity contribution >= 4 is 11.6 Å². The molecular weight excluding hydrogens is 180 g/mol. The number of nitrogen functional groups attached to an aromatic ring is 1. The van der Waals surface area contributed by atoms with E-state index < -0.39 is 5.91 Å². The smallest absolute Gasteiger partial charge is 0.247 e. The van der Waals surface area contributed by atoms with Crippen LogP contribution in [0.3, 0.4) is 0 Å². The molecule has 0 unspecified atom stereocenters. The summed E-state index contributed by atoms with van der Waals surface area (Å²) in [4.78, 5) is 10.9. The predicted molar refractivity (Wildman–Crippen MR) is 54.0 cm³/mol. The van der Waals surface area contributed by atoms with Crippen LogP contribution in [0.2, 0.25) is 0 Å². The summed E-state index contributed by atoms with van der Waals surface area (Å²) in [6.45, 7) is 3.78. The zero-order valence-electron chi connectivity index (χ0n) is 8.29. The van der Waals surface area contributed by atoms with E-state index in [9.17, 15) is 4.79 Å². The topological polar surface area (TPSA) is 75.3 Å². The Hall–Kier alpha value is -1.55. The fourth-order valence-electron chi connectivity index (χ4n) is 1.39. The number of carbonyl (C=O) groups is 1. The molecule has 0 atom stereocenters. The molecule has 14 heavy (non-hydrogen) atoms. The molecule has 0 fully saturated rings. The quantitative estimate of drug-likeness (QED) is 0.372. The highest BCUT2D eigenvalue weighted by atomic mass is 16.5. The first kappa shape index (κ1) is 10.5. The van der Waals surface area contributed by atoms with Gasteiger partial charge in [0, 0.05) is 5.69 Å². The Morgan fingerprint density at radius 1 is 1.43 bits per heavy atom. The number of hydrogen-bond acceptors (Lipinski definition) is 3. The summed E-state index contributed by atoms with van der Waals surface area (Å²) in [6.07, 6.45) is 0.165. The SMILES string of the molecule is Cc1cc(CC(=O)NO)cc(C)c1N. The molecular formula is C10H14N2O2. The molecule has 4 heteroatoms. The Morgan fingerprint density at radius 3 is 2.36 bits per heavy atom. The molecule has 1 rings (SSSR count). The van der Waals surface area contributed by atoms with Gasteiger partial charge in [0.05, 0.1) is 6.42 Å². The maximum atomic E-state index is 10.9. The first-order valence-corrected chi connectivity index (χ1v) is 4.33. The maximum absolute atomic E-state index is 10.9. The Labute approximate surface area is 82.7 Å². The van der Waals surface area contributed by atoms with Crippen molar-refractivity contribution in [2.45, 2.75) is 20.3 Å². The third-order valence-electron chi connectivity index (χ3n) is 2.14. The molecule has 0 saturated carbocycles. The van der Waals surface area contributed by atoms with Crippen molar-refractivity contribution in [2.24, 2.45) is 0 Å². The van der Waals surface area contributed by atoms with Gasteiger partial charge in [0.25, 0.3) is 0 Å². The maximum Gasteiger partial charge on any atom is 0.247 e. The monoisotopic (exact) mass is 194 g/mol. The van der Waals surface area contributed by atoms with Crippen LogP contribution in [0.4, 0.5) is 5.69 Å². The van der Waals surface area contributed by atoms with Gasteiger partial charge < -0.3 is 5.73 Å². The molecule has 1 aromatic rings. The van der Waals surface area contributed by atoms with Gasteiger partial charge in [-0.05, 0) is 30.5 Å². The number of nitrogens with one attached hydrogen (secondary N) is 1. The van der Waals surface area contributed by atoms with Crippen molar-refractivity contribution < 1.29 is 10.0 Å². The Kier molecular flexibility index (Phi) is 3.09. The van der Waals surface area contributed by atoms with Crippen LogP contribution < -0.4 is 11.2 Å². The third kappa shape index (κ3) is 2.23. The number of hydrogen-bond donors (Lipinski definition) is 3. The van der Waals surface area contributed by atoms with E-state index in [0.29, 0.717) is 0 Å². The number of benzene rings is 1. The van der Waals surface area contributed by atoms with Gasteiger partial charge in [-0.3, -0.25) is 10.0 Å². The average molecular weight is 194 g/mol. The molecule has 1 amide bonds. The summed E-state index contributed by atoms with van der Waals surface area (Å²) >= 11 is 0. The molecule has 0 saturated heterocycles. The molecule has 1 aromatic carbocycles. The molecule has 0 heterocycles. The van der Waals surface area contributed by atoms with E-state index >= 15 is 0 Å². The predicted octanol–water partition coefficient (Wildman–Crippen LogP) is 0.934. The third-order valence-corrected chi connectivity index (χ3v) is 2.14. The van der Waals surface area contributed by atoms with Gasteiger partial charge in [-0.2, -0.15) is 0 Å². The highest BCUT2D eigenvalue weighted by Gasteiger charge is 2.05. The number of anilines is 1. The lowest BCUT2D eigenvalue weighted by Gasteiger charge is -2.07. The van der Waals surface area contributed by atoms with E-state index in [1.54, 1.807) is 5.48 Å². The molecule has 0 bridgehead atoms. The molecule has 76 valence electrons. The van der Waals surface area contributed by atoms with Crippen molar-refractivity contribution in [1.82, 2.24) is 5.48 Å². The second-order valence-corrected chi connectivity index (χ2v) is 3.36. The Bertz CT molecular complexity index is 338. The lowest BCUT2D eigenvalue weighted by molar-refractivity contribution is -0.128. The van der Waals surface area contributed by atoms with Gasteiger partial charge in [0.1, 0.15) is 0 Å². The Morgan fingerprint density at radius 2 is 1.93 bits per heavy atom. The van der Waals surface area contributed by atoms with Crippen LogP contribution in [0.25, 0.3) is 0 Å². The summed E-state index contributed by atoms with van der Waals surface area (Å²) in [6, 6.07) is 3.69. The summed E-state index contributed by atoms with van der Waals surface area (Å²) in [5, 5.41) is 8.37. The minimum absolute atomic E-state index is 0.165. The molecule has 0 aliphatic heterocycles. The first-order chi connectivity index (χ1) is 6.54. The van der Waals surface area contributed by atoms with Gasteiger partial charge in [-0.15, -0.1) is 0 Å². The van der Waals surface area contributed by atoms with Crippen molar-refractivity contribution in [1.29, 1.82) is 0 Å². The van der Waals surface area contributed by atoms with Crippen LogP contribution in [0, 0.1) is 13.8 Å². The van der Waals surface area contributed by atoms with Gasteiger partial charge in [-0.25, -0.2) is 5.48 Å². The fraction of sp³-hybridized carbons (Fsp3) is 0.300. The number of amides is 1. The minimum atomic E-state index is -0.423. The van der Waals surface area contributed by atoms with E-state index in [1.807, 2.05) is 26.0 Å². The number of carbonyl (C=O) groups excluding carboxylic acids is 1. The van der Waals surface area contributed by atoms with E-state index in [0.717, 1.165) is 22.4 Å². The van der Waals surface area contributed by atoms with Gasteiger partial charge in [-0.1, -0.05) is 12.1 Å². The normalized spacial score (nSPS) is 9.93. The molecule has 0 aliphatic carbocycles. The standard InChI is InChI=1S/C10H14N2O2/c1-6-3-8(5-9(13)12-14)4-7(2)10(6)11/h3-4,14H,5,11H2,1-2H3,(H,12,13). The summed E-state index contributed by atoms with van der Waals surface area (Å²) in [5.74, 6) is -0.423. The number of nitrogens with two attached hydrogens (primary N) is 1. The van der Waals surface area contributed by atoms with Crippen LogP contribution in [0.15, 0.2) is 12.1 Å². The fourth-order valence-corrected chi connectivity index (χ4v) is 1.39. The number of rotatable bonds is 2. The van der Waals surface area contributed by atoms with Gasteiger partial charge >= 0.3 is 0 Å². The second-order valence-electron chi connectivity index (χ2n) is 3.36. The summed E-state index contributed by atoms with van der Waals surface area (Å²) in [5.41, 5.74) is 10.9. The highest BCUT2D eigenvalue weighted by Crippen LogP contribution is 2.18. The van der Waals surface area contributed by atoms with Crippen molar-refractivity contribution in [3.63, 3.8) is 0 Å². The molecule has 0 radical (unpaired) electrons. The van der Waals surface area contributed by atoms with Crippen molar-refractivity contribution in [2.75, 3.05) is 5.73 Å². The van der Waals surface area contributed by atoms with E-state index in [-0.39, 0.29) is 6.42 Å². The minimum Gasteiger partial charge on any atom is -0.398 e. The van der Waals surface area contributed by atoms with Crippen LogP contribution in [-0.2, 0) is 11.2 Å². The van der Waals surface area contributed by atoms with Crippen LogP contribution in [-0.4, -0.2) is 11.1 Å². The summed E-state index contributed by atoms with van der Waals surface area (Å²) in [7, 11) is 0. The van der Waals surface area contributed by atoms with Crippen LogP contribution in [0.1, 0.15) is 16.7 Å². The van der Waals surface area contributed by atoms with E-state index in [2.05, 4.69) is 0 Å². The highest BCUT2D eigenvalue weighted by molar-refractivity contribution is 5.77. The van der Waals surface area contributed by atoms with Crippen LogP contribution >= 0.6 is 0 Å². The average Bonchev–Trinajstić information content (AvgIpc) is 2.14. The Balaban J connectivity index is 2.95. The lowest BCUT2D eigenvalue weighted by atomic mass is 10.0. The van der Waals surface area contributed by atoms with E-state index in [1.165, 1.54) is 0 Å². The second kappa shape index (κ2) is 4.11.